The second-order valence-corrected chi connectivity index (χ2v) is 4.37. The summed E-state index contributed by atoms with van der Waals surface area (Å²) in [6, 6.07) is -0.799. The third-order valence-corrected chi connectivity index (χ3v) is 3.13. The van der Waals surface area contributed by atoms with Gasteiger partial charge in [-0.25, -0.2) is 4.79 Å². The van der Waals surface area contributed by atoms with Gasteiger partial charge in [0.15, 0.2) is 0 Å². The van der Waals surface area contributed by atoms with E-state index in [9.17, 15) is 9.59 Å². The van der Waals surface area contributed by atoms with Crippen LogP contribution in [-0.2, 0) is 4.79 Å². The van der Waals surface area contributed by atoms with Crippen molar-refractivity contribution < 1.29 is 9.59 Å². The van der Waals surface area contributed by atoms with E-state index >= 15 is 0 Å². The highest BCUT2D eigenvalue weighted by molar-refractivity contribution is 5.96. The topological polar surface area (TPSA) is 87.5 Å². The molecular weight excluding hydrogens is 208 g/mol. The van der Waals surface area contributed by atoms with E-state index in [1.165, 1.54) is 7.05 Å². The van der Waals surface area contributed by atoms with E-state index in [0.717, 1.165) is 6.42 Å². The molecule has 1 saturated heterocycles. The molecule has 0 aromatic rings. The first-order valence-corrected chi connectivity index (χ1v) is 5.47. The van der Waals surface area contributed by atoms with E-state index in [1.807, 2.05) is 11.8 Å². The van der Waals surface area contributed by atoms with Crippen molar-refractivity contribution in [2.45, 2.75) is 31.8 Å². The van der Waals surface area contributed by atoms with Crippen LogP contribution < -0.4 is 16.4 Å². The molecule has 6 nitrogen and oxygen atoms in total. The van der Waals surface area contributed by atoms with Gasteiger partial charge in [0, 0.05) is 25.7 Å². The summed E-state index contributed by atoms with van der Waals surface area (Å²) in [7, 11) is 1.47. The summed E-state index contributed by atoms with van der Waals surface area (Å²) in [6.07, 6.45) is 0.896. The zero-order valence-corrected chi connectivity index (χ0v) is 10.0. The standard InChI is InChI=1S/C10H20N4O2/c1-4-10(11)5-14(6-10)7(2)8(15)13-9(16)12-3/h7H,4-6,11H2,1-3H3,(H2,12,13,15,16). The molecular formula is C10H20N4O2. The van der Waals surface area contributed by atoms with Crippen molar-refractivity contribution in [3.8, 4) is 0 Å². The summed E-state index contributed by atoms with van der Waals surface area (Å²) in [5, 5.41) is 4.59. The Hall–Kier alpha value is -1.14. The maximum absolute atomic E-state index is 11.6. The monoisotopic (exact) mass is 228 g/mol. The molecule has 0 radical (unpaired) electrons. The van der Waals surface area contributed by atoms with Crippen LogP contribution in [0.4, 0.5) is 4.79 Å². The van der Waals surface area contributed by atoms with Crippen molar-refractivity contribution in [2.75, 3.05) is 20.1 Å². The first-order valence-electron chi connectivity index (χ1n) is 5.47. The molecule has 4 N–H and O–H groups in total. The Kier molecular flexibility index (Phi) is 3.88. The number of rotatable bonds is 3. The van der Waals surface area contributed by atoms with Crippen LogP contribution in [0.5, 0.6) is 0 Å². The first-order chi connectivity index (χ1) is 7.41. The highest BCUT2D eigenvalue weighted by Gasteiger charge is 2.41. The molecule has 0 saturated carbocycles. The second-order valence-electron chi connectivity index (χ2n) is 4.37. The van der Waals surface area contributed by atoms with Crippen LogP contribution in [0.25, 0.3) is 0 Å². The third kappa shape index (κ3) is 2.70. The Bertz CT molecular complexity index is 287. The molecule has 0 aliphatic carbocycles. The quantitative estimate of drug-likeness (QED) is 0.593. The van der Waals surface area contributed by atoms with Gasteiger partial charge in [-0.2, -0.15) is 0 Å². The lowest BCUT2D eigenvalue weighted by atomic mass is 9.87. The van der Waals surface area contributed by atoms with Crippen LogP contribution in [-0.4, -0.2) is 48.6 Å². The fraction of sp³-hybridized carbons (Fsp3) is 0.800. The Morgan fingerprint density at radius 2 is 2.06 bits per heavy atom. The summed E-state index contributed by atoms with van der Waals surface area (Å²) < 4.78 is 0. The molecule has 1 atom stereocenters. The highest BCUT2D eigenvalue weighted by atomic mass is 16.2. The zero-order valence-electron chi connectivity index (χ0n) is 10.0. The minimum Gasteiger partial charge on any atom is -0.341 e. The van der Waals surface area contributed by atoms with Gasteiger partial charge < -0.3 is 11.1 Å². The van der Waals surface area contributed by atoms with Crippen molar-refractivity contribution in [2.24, 2.45) is 5.73 Å². The second kappa shape index (κ2) is 4.80. The SMILES string of the molecule is CCC1(N)CN(C(C)C(=O)NC(=O)NC)C1. The van der Waals surface area contributed by atoms with E-state index < -0.39 is 6.03 Å². The molecule has 1 aliphatic heterocycles. The van der Waals surface area contributed by atoms with Crippen LogP contribution in [0.3, 0.4) is 0 Å². The first kappa shape index (κ1) is 12.9. The number of imide groups is 1. The maximum Gasteiger partial charge on any atom is 0.321 e. The summed E-state index contributed by atoms with van der Waals surface area (Å²) >= 11 is 0. The molecule has 1 heterocycles. The number of amides is 3. The van der Waals surface area contributed by atoms with E-state index in [2.05, 4.69) is 10.6 Å². The Labute approximate surface area is 95.5 Å². The Morgan fingerprint density at radius 3 is 2.50 bits per heavy atom. The predicted octanol–water partition coefficient (Wildman–Crippen LogP) is -0.746. The van der Waals surface area contributed by atoms with E-state index in [1.54, 1.807) is 6.92 Å². The molecule has 1 fully saturated rings. The van der Waals surface area contributed by atoms with Crippen molar-refractivity contribution >= 4 is 11.9 Å². The van der Waals surface area contributed by atoms with Crippen LogP contribution in [0.15, 0.2) is 0 Å². The molecule has 1 unspecified atom stereocenters. The number of nitrogens with zero attached hydrogens (tertiary/aromatic N) is 1. The largest absolute Gasteiger partial charge is 0.341 e. The van der Waals surface area contributed by atoms with E-state index in [0.29, 0.717) is 13.1 Å². The minimum absolute atomic E-state index is 0.165. The van der Waals surface area contributed by atoms with Crippen LogP contribution in [0.1, 0.15) is 20.3 Å². The van der Waals surface area contributed by atoms with Gasteiger partial charge in [-0.15, -0.1) is 0 Å². The Morgan fingerprint density at radius 1 is 1.50 bits per heavy atom. The third-order valence-electron chi connectivity index (χ3n) is 3.13. The molecule has 1 rings (SSSR count). The molecule has 3 amide bonds. The summed E-state index contributed by atoms with van der Waals surface area (Å²) in [4.78, 5) is 24.5. The van der Waals surface area contributed by atoms with Gasteiger partial charge in [0.25, 0.3) is 0 Å². The normalized spacial score (nSPS) is 20.8. The molecule has 0 bridgehead atoms. The molecule has 0 spiro atoms. The smallest absolute Gasteiger partial charge is 0.321 e. The number of nitrogens with two attached hydrogens (primary N) is 1. The summed E-state index contributed by atoms with van der Waals surface area (Å²) in [5.74, 6) is -0.294. The number of hydrogen-bond acceptors (Lipinski definition) is 4. The Balaban J connectivity index is 2.39. The molecule has 16 heavy (non-hydrogen) atoms. The van der Waals surface area contributed by atoms with Crippen molar-refractivity contribution in [3.63, 3.8) is 0 Å². The highest BCUT2D eigenvalue weighted by Crippen LogP contribution is 2.23. The van der Waals surface area contributed by atoms with E-state index in [-0.39, 0.29) is 17.5 Å². The molecule has 0 aromatic carbocycles. The van der Waals surface area contributed by atoms with Crippen molar-refractivity contribution in [1.82, 2.24) is 15.5 Å². The lowest BCUT2D eigenvalue weighted by molar-refractivity contribution is -0.127. The van der Waals surface area contributed by atoms with Gasteiger partial charge >= 0.3 is 6.03 Å². The molecule has 92 valence electrons. The number of likely N-dealkylation sites (tertiary alicyclic amines) is 1. The predicted molar refractivity (Wildman–Crippen MR) is 60.8 cm³/mol. The van der Waals surface area contributed by atoms with Gasteiger partial charge in [0.05, 0.1) is 6.04 Å². The fourth-order valence-electron chi connectivity index (χ4n) is 1.70. The molecule has 6 heteroatoms. The number of carbonyl (C=O) groups is 2. The average Bonchev–Trinajstić information content (AvgIpc) is 2.23. The van der Waals surface area contributed by atoms with Crippen LogP contribution in [0.2, 0.25) is 0 Å². The van der Waals surface area contributed by atoms with Crippen molar-refractivity contribution in [1.29, 1.82) is 0 Å². The zero-order chi connectivity index (χ0) is 12.3. The summed E-state index contributed by atoms with van der Waals surface area (Å²) in [6.45, 7) is 5.21. The number of carbonyl (C=O) groups excluding carboxylic acids is 2. The lowest BCUT2D eigenvalue weighted by Gasteiger charge is -2.49. The van der Waals surface area contributed by atoms with Gasteiger partial charge in [-0.1, -0.05) is 6.92 Å². The van der Waals surface area contributed by atoms with Crippen molar-refractivity contribution in [3.05, 3.63) is 0 Å². The minimum atomic E-state index is -0.480. The van der Waals surface area contributed by atoms with Gasteiger partial charge in [0.1, 0.15) is 0 Å². The fourth-order valence-corrected chi connectivity index (χ4v) is 1.70. The van der Waals surface area contributed by atoms with Gasteiger partial charge in [-0.3, -0.25) is 15.0 Å². The number of nitrogens with one attached hydrogen (secondary N) is 2. The lowest BCUT2D eigenvalue weighted by Crippen LogP contribution is -2.70. The average molecular weight is 228 g/mol. The van der Waals surface area contributed by atoms with E-state index in [4.69, 9.17) is 5.73 Å². The molecule has 1 aliphatic rings. The summed E-state index contributed by atoms with van der Waals surface area (Å²) in [5.41, 5.74) is 5.84. The maximum atomic E-state index is 11.6. The van der Waals surface area contributed by atoms with Gasteiger partial charge in [0.2, 0.25) is 5.91 Å². The number of urea groups is 1. The van der Waals surface area contributed by atoms with Crippen LogP contribution >= 0.6 is 0 Å². The number of hydrogen-bond donors (Lipinski definition) is 3. The van der Waals surface area contributed by atoms with Gasteiger partial charge in [-0.05, 0) is 13.3 Å². The van der Waals surface area contributed by atoms with Crippen LogP contribution in [0, 0.1) is 0 Å². The molecule has 0 aromatic heterocycles.